The molecular formula is C32H36N2O4. The van der Waals surface area contributed by atoms with Crippen molar-refractivity contribution in [3.05, 3.63) is 84.0 Å². The summed E-state index contributed by atoms with van der Waals surface area (Å²) in [5.74, 6) is 0.725. The summed E-state index contributed by atoms with van der Waals surface area (Å²) in [6, 6.07) is 7.88. The van der Waals surface area contributed by atoms with Crippen molar-refractivity contribution in [2.24, 2.45) is 47.3 Å². The number of amides is 2. The Hall–Kier alpha value is -2.96. The molecule has 198 valence electrons. The predicted molar refractivity (Wildman–Crippen MR) is 143 cm³/mol. The van der Waals surface area contributed by atoms with Crippen molar-refractivity contribution in [1.82, 2.24) is 9.80 Å². The van der Waals surface area contributed by atoms with Crippen LogP contribution in [0.5, 0.6) is 0 Å². The van der Waals surface area contributed by atoms with Gasteiger partial charge in [-0.3, -0.25) is 9.59 Å². The summed E-state index contributed by atoms with van der Waals surface area (Å²) in [5.41, 5.74) is 4.46. The smallest absolute Gasteiger partial charge is 0.229 e. The van der Waals surface area contributed by atoms with Crippen molar-refractivity contribution >= 4 is 11.8 Å². The van der Waals surface area contributed by atoms with Gasteiger partial charge in [-0.15, -0.1) is 13.2 Å². The second-order valence-electron chi connectivity index (χ2n) is 12.3. The second kappa shape index (κ2) is 8.78. The van der Waals surface area contributed by atoms with Crippen LogP contribution in [0.4, 0.5) is 0 Å². The number of carbonyl (C=O) groups is 2. The van der Waals surface area contributed by atoms with Crippen molar-refractivity contribution in [1.29, 1.82) is 0 Å². The van der Waals surface area contributed by atoms with E-state index in [1.165, 1.54) is 11.1 Å². The van der Waals surface area contributed by atoms with E-state index >= 15 is 0 Å². The highest BCUT2D eigenvalue weighted by Gasteiger charge is 2.61. The van der Waals surface area contributed by atoms with Gasteiger partial charge < -0.3 is 20.0 Å². The molecule has 7 rings (SSSR count). The van der Waals surface area contributed by atoms with Gasteiger partial charge in [0.1, 0.15) is 12.5 Å². The van der Waals surface area contributed by atoms with Gasteiger partial charge in [0, 0.05) is 24.9 Å². The minimum Gasteiger partial charge on any atom is -0.373 e. The number of hydrogen-bond donors (Lipinski definition) is 2. The summed E-state index contributed by atoms with van der Waals surface area (Å²) in [4.78, 5) is 30.2. The average molecular weight is 513 g/mol. The standard InChI is InChI=1S/C32H36N2O4/c1-3-6-19-11-21-13-23(19)27-25(21)29(35)33(31(27)37)15-17-8-5-9-18(10-17)16-34-30(36)26-22-12-20(7-4-2)24(14-22)28(26)32(34)38/h3-5,8-12,21-30,35-36H,1-2,6-7,13-16H2/t21?,22?,23-,24?,25?,26?,27?,28?,29?,30?/m1/s1. The molecule has 2 amide bonds. The zero-order valence-corrected chi connectivity index (χ0v) is 21.7. The molecule has 2 N–H and O–H groups in total. The summed E-state index contributed by atoms with van der Waals surface area (Å²) >= 11 is 0. The van der Waals surface area contributed by atoms with Gasteiger partial charge in [-0.2, -0.15) is 0 Å². The Morgan fingerprint density at radius 3 is 1.66 bits per heavy atom. The molecular weight excluding hydrogens is 476 g/mol. The molecule has 4 aliphatic carbocycles. The predicted octanol–water partition coefficient (Wildman–Crippen LogP) is 3.78. The van der Waals surface area contributed by atoms with Gasteiger partial charge in [0.2, 0.25) is 11.8 Å². The normalized spacial score (nSPS) is 40.1. The van der Waals surface area contributed by atoms with Crippen LogP contribution in [0.15, 0.2) is 72.9 Å². The molecule has 38 heavy (non-hydrogen) atoms. The molecule has 9 unspecified atom stereocenters. The van der Waals surface area contributed by atoms with Gasteiger partial charge >= 0.3 is 0 Å². The summed E-state index contributed by atoms with van der Waals surface area (Å²) < 4.78 is 0. The Morgan fingerprint density at radius 1 is 0.789 bits per heavy atom. The Labute approximate surface area is 224 Å². The SMILES string of the molecule is C=CCC1=CC2CC1C1C(=O)N(Cc3cccc(CN4C(=O)C5C(C6C=C(CC=C)[C@H]5C6)C4O)c3)C(O)C21. The number of benzene rings is 1. The number of allylic oxidation sites excluding steroid dienone is 6. The van der Waals surface area contributed by atoms with Crippen molar-refractivity contribution in [2.75, 3.05) is 0 Å². The molecule has 4 bridgehead atoms. The third-order valence-electron chi connectivity index (χ3n) is 10.5. The average Bonchev–Trinajstić information content (AvgIpc) is 3.73. The molecule has 6 aliphatic rings. The Balaban J connectivity index is 1.05. The molecule has 2 saturated heterocycles. The fourth-order valence-corrected chi connectivity index (χ4v) is 9.06. The van der Waals surface area contributed by atoms with Crippen LogP contribution >= 0.6 is 0 Å². The van der Waals surface area contributed by atoms with E-state index in [2.05, 4.69) is 25.3 Å². The molecule has 6 nitrogen and oxygen atoms in total. The third-order valence-corrected chi connectivity index (χ3v) is 10.5. The van der Waals surface area contributed by atoms with Gasteiger partial charge in [0.15, 0.2) is 0 Å². The van der Waals surface area contributed by atoms with Crippen molar-refractivity contribution < 1.29 is 19.8 Å². The van der Waals surface area contributed by atoms with E-state index in [0.29, 0.717) is 13.1 Å². The number of hydrogen-bond acceptors (Lipinski definition) is 4. The maximum atomic E-state index is 13.5. The molecule has 2 heterocycles. The maximum absolute atomic E-state index is 13.5. The number of aliphatic hydroxyl groups is 2. The van der Waals surface area contributed by atoms with Crippen LogP contribution in [0, 0.1) is 47.3 Å². The van der Waals surface area contributed by atoms with Gasteiger partial charge in [-0.25, -0.2) is 0 Å². The summed E-state index contributed by atoms with van der Waals surface area (Å²) in [6.07, 6.45) is 10.3. The van der Waals surface area contributed by atoms with Crippen molar-refractivity contribution in [3.8, 4) is 0 Å². The summed E-state index contributed by atoms with van der Waals surface area (Å²) in [5, 5.41) is 22.3. The number of aliphatic hydroxyl groups excluding tert-OH is 2. The number of fused-ring (bicyclic) bond motifs is 10. The lowest BCUT2D eigenvalue weighted by Gasteiger charge is -2.27. The highest BCUT2D eigenvalue weighted by atomic mass is 16.3. The molecule has 0 spiro atoms. The van der Waals surface area contributed by atoms with Crippen LogP contribution in [0.3, 0.4) is 0 Å². The minimum absolute atomic E-state index is 0.0315. The zero-order valence-electron chi connectivity index (χ0n) is 21.7. The van der Waals surface area contributed by atoms with Crippen LogP contribution in [0.2, 0.25) is 0 Å². The lowest BCUT2D eigenvalue weighted by Crippen LogP contribution is -2.37. The van der Waals surface area contributed by atoms with Gasteiger partial charge in [0.25, 0.3) is 0 Å². The van der Waals surface area contributed by atoms with Crippen molar-refractivity contribution in [3.63, 3.8) is 0 Å². The topological polar surface area (TPSA) is 81.1 Å². The first-order valence-electron chi connectivity index (χ1n) is 14.1. The van der Waals surface area contributed by atoms with E-state index in [4.69, 9.17) is 0 Å². The molecule has 6 heteroatoms. The van der Waals surface area contributed by atoms with Gasteiger partial charge in [-0.05, 0) is 60.5 Å². The molecule has 1 aromatic carbocycles. The van der Waals surface area contributed by atoms with Gasteiger partial charge in [0.05, 0.1) is 11.8 Å². The van der Waals surface area contributed by atoms with E-state index in [1.54, 1.807) is 9.80 Å². The van der Waals surface area contributed by atoms with E-state index in [1.807, 2.05) is 36.4 Å². The molecule has 4 fully saturated rings. The van der Waals surface area contributed by atoms with E-state index in [0.717, 1.165) is 36.8 Å². The highest BCUT2D eigenvalue weighted by molar-refractivity contribution is 5.84. The van der Waals surface area contributed by atoms with Crippen molar-refractivity contribution in [2.45, 2.75) is 51.2 Å². The van der Waals surface area contributed by atoms with Crippen LogP contribution in [0.1, 0.15) is 36.8 Å². The van der Waals surface area contributed by atoms with Crippen LogP contribution in [0.25, 0.3) is 0 Å². The van der Waals surface area contributed by atoms with Crippen LogP contribution < -0.4 is 0 Å². The minimum atomic E-state index is -0.776. The first-order valence-corrected chi connectivity index (χ1v) is 14.1. The number of rotatable bonds is 8. The lowest BCUT2D eigenvalue weighted by atomic mass is 9.80. The first kappa shape index (κ1) is 24.1. The van der Waals surface area contributed by atoms with Gasteiger partial charge in [-0.1, -0.05) is 59.7 Å². The number of carbonyl (C=O) groups excluding carboxylic acids is 2. The number of nitrogens with zero attached hydrogens (tertiary/aromatic N) is 2. The Morgan fingerprint density at radius 2 is 1.24 bits per heavy atom. The van der Waals surface area contributed by atoms with E-state index in [9.17, 15) is 19.8 Å². The Kier molecular flexibility index (Phi) is 5.57. The largest absolute Gasteiger partial charge is 0.373 e. The number of likely N-dealkylation sites (tertiary alicyclic amines) is 2. The quantitative estimate of drug-likeness (QED) is 0.520. The van der Waals surface area contributed by atoms with Crippen LogP contribution in [-0.4, -0.2) is 44.3 Å². The third kappa shape index (κ3) is 3.32. The summed E-state index contributed by atoms with van der Waals surface area (Å²) in [7, 11) is 0. The van der Waals surface area contributed by atoms with E-state index in [-0.39, 0.29) is 59.2 Å². The fraction of sp³-hybridized carbons (Fsp3) is 0.500. The fourth-order valence-electron chi connectivity index (χ4n) is 9.06. The Bertz CT molecular complexity index is 1190. The molecule has 1 aromatic rings. The molecule has 0 aromatic heterocycles. The summed E-state index contributed by atoms with van der Waals surface area (Å²) in [6.45, 7) is 8.41. The second-order valence-corrected chi connectivity index (χ2v) is 12.3. The lowest BCUT2D eigenvalue weighted by molar-refractivity contribution is -0.138. The monoisotopic (exact) mass is 512 g/mol. The molecule has 10 atom stereocenters. The van der Waals surface area contributed by atoms with E-state index < -0.39 is 12.5 Å². The first-order chi connectivity index (χ1) is 18.4. The molecule has 2 saturated carbocycles. The highest BCUT2D eigenvalue weighted by Crippen LogP contribution is 2.59. The zero-order chi connectivity index (χ0) is 26.3. The molecule has 2 aliphatic heterocycles. The maximum Gasteiger partial charge on any atom is 0.229 e. The molecule has 0 radical (unpaired) electrons. The van der Waals surface area contributed by atoms with Crippen LogP contribution in [-0.2, 0) is 22.7 Å².